The minimum absolute atomic E-state index is 0.0379. The van der Waals surface area contributed by atoms with Gasteiger partial charge in [-0.1, -0.05) is 51.2 Å². The summed E-state index contributed by atoms with van der Waals surface area (Å²) in [6.45, 7) is 3.85. The highest BCUT2D eigenvalue weighted by molar-refractivity contribution is 5.77. The lowest BCUT2D eigenvalue weighted by Crippen LogP contribution is -2.52. The fourth-order valence-corrected chi connectivity index (χ4v) is 5.67. The topological polar surface area (TPSA) is 82.7 Å². The van der Waals surface area contributed by atoms with E-state index >= 15 is 0 Å². The molecule has 3 N–H and O–H groups in total. The highest BCUT2D eigenvalue weighted by Gasteiger charge is 2.34. The zero-order valence-electron chi connectivity index (χ0n) is 22.4. The number of hydrogen-bond acceptors (Lipinski definition) is 4. The van der Waals surface area contributed by atoms with Gasteiger partial charge in [-0.25, -0.2) is 13.6 Å². The third-order valence-electron chi connectivity index (χ3n) is 7.55. The average molecular weight is 523 g/mol. The van der Waals surface area contributed by atoms with E-state index in [0.717, 1.165) is 25.3 Å². The van der Waals surface area contributed by atoms with Crippen molar-refractivity contribution in [2.75, 3.05) is 39.8 Å². The third kappa shape index (κ3) is 8.92. The molecule has 0 bridgehead atoms. The smallest absolute Gasteiger partial charge is 0.317 e. The Morgan fingerprint density at radius 3 is 2.65 bits per heavy atom. The van der Waals surface area contributed by atoms with E-state index in [4.69, 9.17) is 4.74 Å². The van der Waals surface area contributed by atoms with Crippen LogP contribution in [0.2, 0.25) is 0 Å². The van der Waals surface area contributed by atoms with Crippen molar-refractivity contribution in [1.82, 2.24) is 20.9 Å². The Kier molecular flexibility index (Phi) is 12.1. The lowest BCUT2D eigenvalue weighted by atomic mass is 9.85. The van der Waals surface area contributed by atoms with Crippen LogP contribution in [0.4, 0.5) is 13.6 Å². The molecule has 7 nitrogen and oxygen atoms in total. The summed E-state index contributed by atoms with van der Waals surface area (Å²) < 4.78 is 34.8. The molecule has 2 aliphatic rings. The van der Waals surface area contributed by atoms with Crippen LogP contribution in [0.25, 0.3) is 0 Å². The van der Waals surface area contributed by atoms with Gasteiger partial charge in [-0.05, 0) is 44.7 Å². The number of nitrogens with one attached hydrogen (secondary N) is 3. The zero-order valence-corrected chi connectivity index (χ0v) is 22.4. The quantitative estimate of drug-likeness (QED) is 0.377. The summed E-state index contributed by atoms with van der Waals surface area (Å²) in [5.41, 5.74) is 0.0842. The van der Waals surface area contributed by atoms with E-state index in [-0.39, 0.29) is 36.1 Å². The predicted octanol–water partition coefficient (Wildman–Crippen LogP) is 4.53. The molecule has 208 valence electrons. The average Bonchev–Trinajstić information content (AvgIpc) is 2.90. The Morgan fingerprint density at radius 2 is 1.92 bits per heavy atom. The molecule has 1 aliphatic heterocycles. The van der Waals surface area contributed by atoms with Crippen molar-refractivity contribution in [2.24, 2.45) is 11.8 Å². The second-order valence-electron chi connectivity index (χ2n) is 10.5. The Hall–Kier alpha value is -2.26. The first kappa shape index (κ1) is 29.3. The molecular weight excluding hydrogens is 478 g/mol. The fraction of sp³-hybridized carbons (Fsp3) is 0.714. The summed E-state index contributed by atoms with van der Waals surface area (Å²) in [6, 6.07) is 3.91. The van der Waals surface area contributed by atoms with E-state index in [9.17, 15) is 18.4 Å². The van der Waals surface area contributed by atoms with Crippen molar-refractivity contribution in [3.05, 3.63) is 35.4 Å². The lowest BCUT2D eigenvalue weighted by Gasteiger charge is -2.38. The van der Waals surface area contributed by atoms with Crippen molar-refractivity contribution >= 4 is 11.9 Å². The van der Waals surface area contributed by atoms with Crippen molar-refractivity contribution in [3.8, 4) is 0 Å². The van der Waals surface area contributed by atoms with Gasteiger partial charge >= 0.3 is 6.03 Å². The van der Waals surface area contributed by atoms with Crippen molar-refractivity contribution < 1.29 is 23.1 Å². The van der Waals surface area contributed by atoms with Crippen LogP contribution in [0.3, 0.4) is 0 Å². The van der Waals surface area contributed by atoms with Crippen LogP contribution < -0.4 is 16.0 Å². The molecule has 0 radical (unpaired) electrons. The highest BCUT2D eigenvalue weighted by Crippen LogP contribution is 2.35. The van der Waals surface area contributed by atoms with E-state index in [2.05, 4.69) is 16.0 Å². The highest BCUT2D eigenvalue weighted by atomic mass is 19.2. The normalized spacial score (nSPS) is 20.3. The zero-order chi connectivity index (χ0) is 26.6. The molecule has 1 aromatic rings. The van der Waals surface area contributed by atoms with Gasteiger partial charge in [0.15, 0.2) is 11.6 Å². The van der Waals surface area contributed by atoms with Gasteiger partial charge in [0.25, 0.3) is 0 Å². The Morgan fingerprint density at radius 1 is 1.14 bits per heavy atom. The van der Waals surface area contributed by atoms with Gasteiger partial charge < -0.3 is 25.6 Å². The molecule has 37 heavy (non-hydrogen) atoms. The first-order valence-corrected chi connectivity index (χ1v) is 13.9. The van der Waals surface area contributed by atoms with Crippen molar-refractivity contribution in [2.45, 2.75) is 76.9 Å². The summed E-state index contributed by atoms with van der Waals surface area (Å²) in [6.07, 6.45) is 8.54. The van der Waals surface area contributed by atoms with Gasteiger partial charge in [0.05, 0.1) is 6.10 Å². The Balaban J connectivity index is 1.68. The lowest BCUT2D eigenvalue weighted by molar-refractivity contribution is -0.129. The SMILES string of the molecule is CCCNC(=O)COC(c1cccc(F)c1F)[C@@H]1CCCN(C(=O)N[C@H](CNC)CC2CCCCC2)C1. The van der Waals surface area contributed by atoms with E-state index in [1.807, 2.05) is 14.0 Å². The minimum atomic E-state index is -0.968. The van der Waals surface area contributed by atoms with Crippen molar-refractivity contribution in [3.63, 3.8) is 0 Å². The van der Waals surface area contributed by atoms with E-state index in [1.54, 1.807) is 4.90 Å². The standard InChI is InChI=1S/C28H44F2N4O3/c1-3-14-32-25(35)19-37-27(23-12-7-13-24(29)26(23)30)21-11-8-15-34(18-21)28(36)33-22(17-31-2)16-20-9-5-4-6-10-20/h7,12-13,20-22,27,31H,3-6,8-11,14-19H2,1-2H3,(H,32,35)(H,33,36)/t21-,22+,27?/m1/s1. The molecule has 1 unspecified atom stereocenters. The molecule has 2 fully saturated rings. The minimum Gasteiger partial charge on any atom is -0.363 e. The van der Waals surface area contributed by atoms with Gasteiger partial charge in [0.2, 0.25) is 5.91 Å². The first-order valence-electron chi connectivity index (χ1n) is 13.9. The number of likely N-dealkylation sites (tertiary alicyclic amines) is 1. The van der Waals surface area contributed by atoms with Crippen LogP contribution in [0.5, 0.6) is 0 Å². The predicted molar refractivity (Wildman–Crippen MR) is 140 cm³/mol. The molecule has 1 aromatic carbocycles. The van der Waals surface area contributed by atoms with Crippen LogP contribution in [-0.2, 0) is 9.53 Å². The maximum atomic E-state index is 14.8. The van der Waals surface area contributed by atoms with Crippen molar-refractivity contribution in [1.29, 1.82) is 0 Å². The fourth-order valence-electron chi connectivity index (χ4n) is 5.67. The molecule has 1 heterocycles. The molecule has 9 heteroatoms. The number of nitrogens with zero attached hydrogens (tertiary/aromatic N) is 1. The summed E-state index contributed by atoms with van der Waals surface area (Å²) in [7, 11) is 1.89. The summed E-state index contributed by atoms with van der Waals surface area (Å²) in [5.74, 6) is -1.86. The van der Waals surface area contributed by atoms with Gasteiger partial charge in [0.1, 0.15) is 6.61 Å². The number of carbonyl (C=O) groups is 2. The summed E-state index contributed by atoms with van der Waals surface area (Å²) in [4.78, 5) is 27.2. The molecule has 3 rings (SSSR count). The van der Waals surface area contributed by atoms with Crippen LogP contribution in [0.15, 0.2) is 18.2 Å². The largest absolute Gasteiger partial charge is 0.363 e. The molecule has 3 atom stereocenters. The maximum Gasteiger partial charge on any atom is 0.317 e. The molecule has 0 spiro atoms. The molecule has 1 saturated carbocycles. The van der Waals surface area contributed by atoms with Gasteiger partial charge in [0, 0.05) is 43.7 Å². The number of urea groups is 1. The van der Waals surface area contributed by atoms with E-state index in [1.165, 1.54) is 44.2 Å². The third-order valence-corrected chi connectivity index (χ3v) is 7.55. The van der Waals surface area contributed by atoms with Crippen LogP contribution in [0.1, 0.15) is 76.4 Å². The number of piperidine rings is 1. The van der Waals surface area contributed by atoms with Gasteiger partial charge in [-0.15, -0.1) is 0 Å². The number of ether oxygens (including phenoxy) is 1. The molecule has 3 amide bonds. The molecule has 1 aliphatic carbocycles. The Bertz CT molecular complexity index is 866. The summed E-state index contributed by atoms with van der Waals surface area (Å²) in [5, 5.41) is 9.16. The first-order chi connectivity index (χ1) is 17.9. The number of hydrogen-bond donors (Lipinski definition) is 3. The number of halogens is 2. The van der Waals surface area contributed by atoms with Crippen LogP contribution >= 0.6 is 0 Å². The van der Waals surface area contributed by atoms with Gasteiger partial charge in [-0.2, -0.15) is 0 Å². The van der Waals surface area contributed by atoms with Crippen LogP contribution in [-0.4, -0.2) is 62.7 Å². The number of amides is 3. The molecule has 0 aromatic heterocycles. The molecular formula is C28H44F2N4O3. The number of benzene rings is 1. The number of likely N-dealkylation sites (N-methyl/N-ethyl adjacent to an activating group) is 1. The second-order valence-corrected chi connectivity index (χ2v) is 10.5. The van der Waals surface area contributed by atoms with E-state index in [0.29, 0.717) is 38.5 Å². The number of carbonyl (C=O) groups excluding carboxylic acids is 2. The van der Waals surface area contributed by atoms with E-state index < -0.39 is 17.7 Å². The Labute approximate surface area is 220 Å². The number of rotatable bonds is 12. The monoisotopic (exact) mass is 522 g/mol. The second kappa shape index (κ2) is 15.2. The molecule has 1 saturated heterocycles. The summed E-state index contributed by atoms with van der Waals surface area (Å²) >= 11 is 0. The maximum absolute atomic E-state index is 14.8. The van der Waals surface area contributed by atoms with Crippen LogP contribution in [0, 0.1) is 23.5 Å². The van der Waals surface area contributed by atoms with Gasteiger partial charge in [-0.3, -0.25) is 4.79 Å².